The molecule has 1 aromatic carbocycles. The molecule has 0 saturated carbocycles. The highest BCUT2D eigenvalue weighted by Crippen LogP contribution is 2.38. The van der Waals surface area contributed by atoms with Crippen LogP contribution in [0.25, 0.3) is 6.08 Å². The van der Waals surface area contributed by atoms with Crippen LogP contribution in [0.3, 0.4) is 0 Å². The molecule has 0 aliphatic carbocycles. The molecule has 0 bridgehead atoms. The zero-order valence-corrected chi connectivity index (χ0v) is 11.3. The van der Waals surface area contributed by atoms with E-state index in [0.29, 0.717) is 6.54 Å². The highest BCUT2D eigenvalue weighted by Gasteiger charge is 2.13. The number of methoxy groups -OCH3 is 2. The molecule has 2 N–H and O–H groups in total. The molecule has 0 aromatic heterocycles. The Balaban J connectivity index is 3.34. The van der Waals surface area contributed by atoms with Crippen molar-refractivity contribution in [1.29, 1.82) is 0 Å². The van der Waals surface area contributed by atoms with Gasteiger partial charge in [-0.3, -0.25) is 0 Å². The summed E-state index contributed by atoms with van der Waals surface area (Å²) in [6.45, 7) is 2.50. The smallest absolute Gasteiger partial charge is 0.164 e. The first-order valence-corrected chi connectivity index (χ1v) is 5.72. The second kappa shape index (κ2) is 5.92. The number of benzene rings is 1. The fourth-order valence-electron chi connectivity index (χ4n) is 1.54. The molecule has 0 atom stereocenters. The molecule has 1 aromatic rings. The molecule has 88 valence electrons. The van der Waals surface area contributed by atoms with Gasteiger partial charge in [-0.15, -0.1) is 0 Å². The summed E-state index contributed by atoms with van der Waals surface area (Å²) in [7, 11) is 3.26. The molecule has 4 heteroatoms. The topological polar surface area (TPSA) is 44.5 Å². The summed E-state index contributed by atoms with van der Waals surface area (Å²) in [4.78, 5) is 0. The molecule has 0 fully saturated rings. The van der Waals surface area contributed by atoms with E-state index in [1.807, 2.05) is 25.1 Å². The molecule has 0 heterocycles. The van der Waals surface area contributed by atoms with Crippen molar-refractivity contribution in [1.82, 2.24) is 0 Å². The predicted octanol–water partition coefficient (Wildman–Crippen LogP) is 2.75. The van der Waals surface area contributed by atoms with Crippen molar-refractivity contribution in [3.05, 3.63) is 27.7 Å². The summed E-state index contributed by atoms with van der Waals surface area (Å²) >= 11 is 3.50. The zero-order valence-electron chi connectivity index (χ0n) is 9.71. The lowest BCUT2D eigenvalue weighted by atomic mass is 10.1. The van der Waals surface area contributed by atoms with Gasteiger partial charge in [0.05, 0.1) is 14.2 Å². The van der Waals surface area contributed by atoms with E-state index in [2.05, 4.69) is 15.9 Å². The van der Waals surface area contributed by atoms with E-state index in [-0.39, 0.29) is 0 Å². The molecule has 0 unspecified atom stereocenters. The Hall–Kier alpha value is -1.00. The average Bonchev–Trinajstić information content (AvgIpc) is 2.28. The molecule has 16 heavy (non-hydrogen) atoms. The van der Waals surface area contributed by atoms with Crippen LogP contribution in [-0.2, 0) is 0 Å². The SMILES string of the molecule is COc1cc(Br)c(/C=C/CN)c(C)c1OC. The lowest BCUT2D eigenvalue weighted by molar-refractivity contribution is 0.352. The van der Waals surface area contributed by atoms with E-state index in [0.717, 1.165) is 27.1 Å². The normalized spacial score (nSPS) is 10.8. The fourth-order valence-corrected chi connectivity index (χ4v) is 2.18. The van der Waals surface area contributed by atoms with Gasteiger partial charge in [-0.05, 0) is 18.6 Å². The first-order chi connectivity index (χ1) is 7.65. The minimum atomic E-state index is 0.514. The number of halogens is 1. The van der Waals surface area contributed by atoms with Gasteiger partial charge in [-0.2, -0.15) is 0 Å². The summed E-state index contributed by atoms with van der Waals surface area (Å²) in [6.07, 6.45) is 3.88. The largest absolute Gasteiger partial charge is 0.493 e. The summed E-state index contributed by atoms with van der Waals surface area (Å²) in [5.41, 5.74) is 7.53. The number of hydrogen-bond donors (Lipinski definition) is 1. The van der Waals surface area contributed by atoms with Crippen LogP contribution in [0.2, 0.25) is 0 Å². The van der Waals surface area contributed by atoms with Gasteiger partial charge >= 0.3 is 0 Å². The van der Waals surface area contributed by atoms with E-state index >= 15 is 0 Å². The van der Waals surface area contributed by atoms with Crippen LogP contribution in [-0.4, -0.2) is 20.8 Å². The van der Waals surface area contributed by atoms with Crippen molar-refractivity contribution in [2.45, 2.75) is 6.92 Å². The van der Waals surface area contributed by atoms with E-state index < -0.39 is 0 Å². The van der Waals surface area contributed by atoms with E-state index in [9.17, 15) is 0 Å². The van der Waals surface area contributed by atoms with Crippen molar-refractivity contribution < 1.29 is 9.47 Å². The number of ether oxygens (including phenoxy) is 2. The minimum absolute atomic E-state index is 0.514. The Morgan fingerprint density at radius 3 is 2.56 bits per heavy atom. The average molecular weight is 286 g/mol. The molecular weight excluding hydrogens is 270 g/mol. The van der Waals surface area contributed by atoms with Gasteiger partial charge in [0.15, 0.2) is 11.5 Å². The van der Waals surface area contributed by atoms with Crippen molar-refractivity contribution in [3.63, 3.8) is 0 Å². The van der Waals surface area contributed by atoms with Crippen LogP contribution in [0.4, 0.5) is 0 Å². The Bertz CT molecular complexity index is 402. The maximum Gasteiger partial charge on any atom is 0.164 e. The minimum Gasteiger partial charge on any atom is -0.493 e. The molecule has 0 aliphatic heterocycles. The standard InChI is InChI=1S/C12H16BrNO2/c1-8-9(5-4-6-14)10(13)7-11(15-2)12(8)16-3/h4-5,7H,6,14H2,1-3H3/b5-4+. The third-order valence-electron chi connectivity index (χ3n) is 2.33. The number of hydrogen-bond acceptors (Lipinski definition) is 3. The van der Waals surface area contributed by atoms with Gasteiger partial charge in [0.25, 0.3) is 0 Å². The molecule has 0 aliphatic rings. The van der Waals surface area contributed by atoms with Crippen LogP contribution >= 0.6 is 15.9 Å². The van der Waals surface area contributed by atoms with Gasteiger partial charge in [0.2, 0.25) is 0 Å². The van der Waals surface area contributed by atoms with E-state index in [1.54, 1.807) is 14.2 Å². The second-order valence-electron chi connectivity index (χ2n) is 3.27. The van der Waals surface area contributed by atoms with Crippen molar-refractivity contribution in [3.8, 4) is 11.5 Å². The Morgan fingerprint density at radius 2 is 2.06 bits per heavy atom. The lowest BCUT2D eigenvalue weighted by Gasteiger charge is -2.14. The maximum absolute atomic E-state index is 5.45. The highest BCUT2D eigenvalue weighted by atomic mass is 79.9. The van der Waals surface area contributed by atoms with Gasteiger partial charge in [-0.25, -0.2) is 0 Å². The summed E-state index contributed by atoms with van der Waals surface area (Å²) in [5, 5.41) is 0. The lowest BCUT2D eigenvalue weighted by Crippen LogP contribution is -1.97. The van der Waals surface area contributed by atoms with Crippen molar-refractivity contribution in [2.75, 3.05) is 20.8 Å². The molecule has 0 radical (unpaired) electrons. The van der Waals surface area contributed by atoms with Gasteiger partial charge in [-0.1, -0.05) is 28.1 Å². The summed E-state index contributed by atoms with van der Waals surface area (Å²) in [5.74, 6) is 1.47. The monoisotopic (exact) mass is 285 g/mol. The zero-order chi connectivity index (χ0) is 12.1. The van der Waals surface area contributed by atoms with Crippen LogP contribution in [0.15, 0.2) is 16.6 Å². The molecular formula is C12H16BrNO2. The molecule has 0 saturated heterocycles. The van der Waals surface area contributed by atoms with E-state index in [4.69, 9.17) is 15.2 Å². The third-order valence-corrected chi connectivity index (χ3v) is 2.98. The molecule has 0 spiro atoms. The Kier molecular flexibility index (Phi) is 4.83. The maximum atomic E-state index is 5.45. The van der Waals surface area contributed by atoms with Gasteiger partial charge in [0.1, 0.15) is 0 Å². The Labute approximate surface area is 104 Å². The fraction of sp³-hybridized carbons (Fsp3) is 0.333. The van der Waals surface area contributed by atoms with Crippen LogP contribution in [0, 0.1) is 6.92 Å². The number of nitrogens with two attached hydrogens (primary N) is 1. The quantitative estimate of drug-likeness (QED) is 0.925. The van der Waals surface area contributed by atoms with Crippen LogP contribution in [0.1, 0.15) is 11.1 Å². The number of rotatable bonds is 4. The van der Waals surface area contributed by atoms with Gasteiger partial charge in [0, 0.05) is 16.6 Å². The summed E-state index contributed by atoms with van der Waals surface area (Å²) < 4.78 is 11.6. The van der Waals surface area contributed by atoms with Crippen LogP contribution < -0.4 is 15.2 Å². The van der Waals surface area contributed by atoms with Gasteiger partial charge < -0.3 is 15.2 Å². The molecule has 0 amide bonds. The first kappa shape index (κ1) is 13.1. The van der Waals surface area contributed by atoms with E-state index in [1.165, 1.54) is 0 Å². The molecule has 1 rings (SSSR count). The van der Waals surface area contributed by atoms with Crippen molar-refractivity contribution >= 4 is 22.0 Å². The predicted molar refractivity (Wildman–Crippen MR) is 70.1 cm³/mol. The first-order valence-electron chi connectivity index (χ1n) is 4.93. The van der Waals surface area contributed by atoms with Crippen LogP contribution in [0.5, 0.6) is 11.5 Å². The molecule has 3 nitrogen and oxygen atoms in total. The second-order valence-corrected chi connectivity index (χ2v) is 4.12. The van der Waals surface area contributed by atoms with Crippen molar-refractivity contribution in [2.24, 2.45) is 5.73 Å². The highest BCUT2D eigenvalue weighted by molar-refractivity contribution is 9.10. The summed E-state index contributed by atoms with van der Waals surface area (Å²) in [6, 6.07) is 1.89. The third kappa shape index (κ3) is 2.57. The Morgan fingerprint density at radius 1 is 1.38 bits per heavy atom.